The summed E-state index contributed by atoms with van der Waals surface area (Å²) >= 11 is 0. The largest absolute Gasteiger partial charge is 0.313 e. The highest BCUT2D eigenvalue weighted by molar-refractivity contribution is 5.83. The molecule has 1 N–H and O–H groups in total. The van der Waals surface area contributed by atoms with Gasteiger partial charge in [0.25, 0.3) is 0 Å². The van der Waals surface area contributed by atoms with Crippen LogP contribution in [0.15, 0.2) is 42.5 Å². The molecule has 0 saturated carbocycles. The number of hydrogen-bond donors (Lipinski definition) is 1. The average molecular weight is 227 g/mol. The molecule has 2 aromatic carbocycles. The van der Waals surface area contributed by atoms with Gasteiger partial charge >= 0.3 is 0 Å². The van der Waals surface area contributed by atoms with Crippen LogP contribution in [0.2, 0.25) is 0 Å². The van der Waals surface area contributed by atoms with E-state index in [1.165, 1.54) is 22.8 Å². The molecule has 2 atom stereocenters. The number of benzene rings is 2. The Kier molecular flexibility index (Phi) is 3.80. The quantitative estimate of drug-likeness (QED) is 0.827. The van der Waals surface area contributed by atoms with Crippen LogP contribution in [0.1, 0.15) is 31.9 Å². The molecule has 0 saturated heterocycles. The van der Waals surface area contributed by atoms with Crippen molar-refractivity contribution < 1.29 is 0 Å². The molecule has 2 unspecified atom stereocenters. The summed E-state index contributed by atoms with van der Waals surface area (Å²) in [6, 6.07) is 15.8. The molecule has 1 nitrogen and oxygen atoms in total. The van der Waals surface area contributed by atoms with Crippen molar-refractivity contribution in [2.75, 3.05) is 7.05 Å². The molecular formula is C16H21N. The molecule has 0 radical (unpaired) electrons. The van der Waals surface area contributed by atoms with Crippen molar-refractivity contribution in [1.29, 1.82) is 0 Å². The Labute approximate surface area is 104 Å². The van der Waals surface area contributed by atoms with Gasteiger partial charge in [-0.15, -0.1) is 0 Å². The molecule has 0 spiro atoms. The third kappa shape index (κ3) is 2.50. The highest BCUT2D eigenvalue weighted by atomic mass is 14.9. The molecule has 0 aromatic heterocycles. The van der Waals surface area contributed by atoms with Crippen molar-refractivity contribution in [3.63, 3.8) is 0 Å². The molecule has 0 aliphatic rings. The molecule has 0 heterocycles. The normalized spacial score (nSPS) is 14.8. The number of rotatable bonds is 4. The second-order valence-electron chi connectivity index (χ2n) is 4.76. The van der Waals surface area contributed by atoms with E-state index < -0.39 is 0 Å². The lowest BCUT2D eigenvalue weighted by molar-refractivity contribution is 0.401. The van der Waals surface area contributed by atoms with Crippen LogP contribution < -0.4 is 5.32 Å². The highest BCUT2D eigenvalue weighted by Crippen LogP contribution is 2.26. The van der Waals surface area contributed by atoms with Gasteiger partial charge in [0.15, 0.2) is 0 Å². The maximum atomic E-state index is 3.43. The summed E-state index contributed by atoms with van der Waals surface area (Å²) in [5, 5.41) is 6.08. The van der Waals surface area contributed by atoms with Crippen LogP contribution in [-0.4, -0.2) is 7.05 Å². The van der Waals surface area contributed by atoms with E-state index in [-0.39, 0.29) is 0 Å². The molecular weight excluding hydrogens is 206 g/mol. The molecule has 17 heavy (non-hydrogen) atoms. The van der Waals surface area contributed by atoms with Gasteiger partial charge in [0.05, 0.1) is 0 Å². The lowest BCUT2D eigenvalue weighted by Crippen LogP contribution is -2.22. The van der Waals surface area contributed by atoms with Crippen molar-refractivity contribution in [2.45, 2.75) is 26.3 Å². The summed E-state index contributed by atoms with van der Waals surface area (Å²) in [6.45, 7) is 4.55. The predicted molar refractivity (Wildman–Crippen MR) is 75.2 cm³/mol. The fourth-order valence-corrected chi connectivity index (χ4v) is 2.42. The Hall–Kier alpha value is -1.34. The molecule has 2 aromatic rings. The van der Waals surface area contributed by atoms with E-state index in [0.717, 1.165) is 0 Å². The van der Waals surface area contributed by atoms with E-state index in [0.29, 0.717) is 12.0 Å². The summed E-state index contributed by atoms with van der Waals surface area (Å²) in [5.41, 5.74) is 1.39. The first kappa shape index (κ1) is 12.1. The first-order chi connectivity index (χ1) is 8.26. The summed E-state index contributed by atoms with van der Waals surface area (Å²) in [6.07, 6.45) is 1.19. The van der Waals surface area contributed by atoms with Crippen molar-refractivity contribution in [3.05, 3.63) is 48.0 Å². The van der Waals surface area contributed by atoms with Crippen molar-refractivity contribution in [1.82, 2.24) is 5.32 Å². The highest BCUT2D eigenvalue weighted by Gasteiger charge is 2.15. The number of nitrogens with one attached hydrogen (secondary N) is 1. The van der Waals surface area contributed by atoms with Crippen molar-refractivity contribution in [2.24, 2.45) is 5.92 Å². The second-order valence-corrected chi connectivity index (χ2v) is 4.76. The van der Waals surface area contributed by atoms with E-state index in [1.54, 1.807) is 0 Å². The summed E-state index contributed by atoms with van der Waals surface area (Å²) in [7, 11) is 2.05. The minimum atomic E-state index is 0.449. The molecule has 1 heteroatoms. The van der Waals surface area contributed by atoms with Crippen LogP contribution in [0.4, 0.5) is 0 Å². The Balaban J connectivity index is 2.40. The van der Waals surface area contributed by atoms with E-state index >= 15 is 0 Å². The van der Waals surface area contributed by atoms with Crippen LogP contribution in [0.5, 0.6) is 0 Å². The summed E-state index contributed by atoms with van der Waals surface area (Å²) < 4.78 is 0. The molecule has 0 aliphatic heterocycles. The first-order valence-corrected chi connectivity index (χ1v) is 6.42. The van der Waals surface area contributed by atoms with Gasteiger partial charge in [-0.2, -0.15) is 0 Å². The maximum absolute atomic E-state index is 3.43. The van der Waals surface area contributed by atoms with Crippen LogP contribution in [0.25, 0.3) is 10.8 Å². The van der Waals surface area contributed by atoms with Gasteiger partial charge in [0.2, 0.25) is 0 Å². The van der Waals surface area contributed by atoms with Crippen molar-refractivity contribution >= 4 is 10.8 Å². The zero-order valence-electron chi connectivity index (χ0n) is 10.9. The van der Waals surface area contributed by atoms with Crippen LogP contribution >= 0.6 is 0 Å². The Bertz CT molecular complexity index is 490. The van der Waals surface area contributed by atoms with E-state index in [4.69, 9.17) is 0 Å². The molecule has 0 bridgehead atoms. The lowest BCUT2D eigenvalue weighted by atomic mass is 9.91. The molecule has 0 amide bonds. The van der Waals surface area contributed by atoms with Gasteiger partial charge in [0, 0.05) is 6.04 Å². The first-order valence-electron chi connectivity index (χ1n) is 6.42. The zero-order chi connectivity index (χ0) is 12.3. The number of fused-ring (bicyclic) bond motifs is 1. The van der Waals surface area contributed by atoms with Gasteiger partial charge in [-0.3, -0.25) is 0 Å². The second kappa shape index (κ2) is 5.33. The average Bonchev–Trinajstić information content (AvgIpc) is 2.39. The molecule has 2 rings (SSSR count). The van der Waals surface area contributed by atoms with Gasteiger partial charge in [0.1, 0.15) is 0 Å². The van der Waals surface area contributed by atoms with Crippen LogP contribution in [0, 0.1) is 5.92 Å². The Morgan fingerprint density at radius 2 is 1.76 bits per heavy atom. The summed E-state index contributed by atoms with van der Waals surface area (Å²) in [4.78, 5) is 0. The van der Waals surface area contributed by atoms with E-state index in [9.17, 15) is 0 Å². The zero-order valence-corrected chi connectivity index (χ0v) is 10.9. The summed E-state index contributed by atoms with van der Waals surface area (Å²) in [5.74, 6) is 0.654. The standard InChI is InChI=1S/C16H21N/c1-4-12(2)16(17-3)15-10-9-13-7-5-6-8-14(13)11-15/h5-12,16-17H,4H2,1-3H3. The smallest absolute Gasteiger partial charge is 0.0343 e. The fraction of sp³-hybridized carbons (Fsp3) is 0.375. The third-order valence-electron chi connectivity index (χ3n) is 3.66. The third-order valence-corrected chi connectivity index (χ3v) is 3.66. The fourth-order valence-electron chi connectivity index (χ4n) is 2.42. The van der Waals surface area contributed by atoms with Crippen LogP contribution in [0.3, 0.4) is 0 Å². The molecule has 90 valence electrons. The minimum absolute atomic E-state index is 0.449. The molecule has 0 aliphatic carbocycles. The predicted octanol–water partition coefficient (Wildman–Crippen LogP) is 4.15. The monoisotopic (exact) mass is 227 g/mol. The van der Waals surface area contributed by atoms with Gasteiger partial charge in [-0.1, -0.05) is 56.7 Å². The Morgan fingerprint density at radius 3 is 2.41 bits per heavy atom. The number of hydrogen-bond acceptors (Lipinski definition) is 1. The van der Waals surface area contributed by atoms with Gasteiger partial charge in [-0.05, 0) is 35.4 Å². The Morgan fingerprint density at radius 1 is 1.06 bits per heavy atom. The lowest BCUT2D eigenvalue weighted by Gasteiger charge is -2.23. The molecule has 0 fully saturated rings. The SMILES string of the molecule is CCC(C)C(NC)c1ccc2ccccc2c1. The topological polar surface area (TPSA) is 12.0 Å². The van der Waals surface area contributed by atoms with E-state index in [1.807, 2.05) is 7.05 Å². The van der Waals surface area contributed by atoms with E-state index in [2.05, 4.69) is 61.6 Å². The van der Waals surface area contributed by atoms with Gasteiger partial charge in [-0.25, -0.2) is 0 Å². The minimum Gasteiger partial charge on any atom is -0.313 e. The van der Waals surface area contributed by atoms with Gasteiger partial charge < -0.3 is 5.32 Å². The maximum Gasteiger partial charge on any atom is 0.0343 e. The van der Waals surface area contributed by atoms with Crippen LogP contribution in [-0.2, 0) is 0 Å². The van der Waals surface area contributed by atoms with Crippen molar-refractivity contribution in [3.8, 4) is 0 Å².